The summed E-state index contributed by atoms with van der Waals surface area (Å²) in [6, 6.07) is 0.498. The highest BCUT2D eigenvalue weighted by molar-refractivity contribution is 7.59. The Bertz CT molecular complexity index is 1120. The molecule has 2 heterocycles. The summed E-state index contributed by atoms with van der Waals surface area (Å²) in [7, 11) is 0. The van der Waals surface area contributed by atoms with Gasteiger partial charge in [-0.2, -0.15) is 42.4 Å². The molecule has 1 saturated heterocycles. The first-order chi connectivity index (χ1) is 15.9. The normalized spacial score (nSPS) is 21.6. The lowest BCUT2D eigenvalue weighted by atomic mass is 9.61. The number of hydrogen-bond donors (Lipinski definition) is 2. The molecule has 198 valence electrons. The van der Waals surface area contributed by atoms with Crippen molar-refractivity contribution >= 4 is 50.3 Å². The molecule has 8 nitrogen and oxygen atoms in total. The molecule has 1 saturated carbocycles. The number of likely N-dealkylation sites (tertiary alicyclic amines) is 1. The van der Waals surface area contributed by atoms with Gasteiger partial charge in [0.1, 0.15) is 0 Å². The Morgan fingerprint density at radius 2 is 1.75 bits per heavy atom. The molecule has 36 heavy (non-hydrogen) atoms. The number of nitrogens with zero attached hydrogens (tertiary/aromatic N) is 3. The van der Waals surface area contributed by atoms with Crippen LogP contribution in [0.5, 0.6) is 0 Å². The molecule has 2 N–H and O–H groups in total. The zero-order valence-electron chi connectivity index (χ0n) is 18.9. The van der Waals surface area contributed by atoms with Crippen LogP contribution < -0.4 is 5.32 Å². The lowest BCUT2D eigenvalue weighted by molar-refractivity contribution is -0.154. The van der Waals surface area contributed by atoms with Crippen LogP contribution >= 0.6 is 27.0 Å². The molecular weight excluding hydrogens is 529 g/mol. The number of anilines is 1. The molecule has 2 fully saturated rings. The number of aromatic amines is 1. The molecule has 1 aliphatic carbocycles. The maximum absolute atomic E-state index is 13.7. The summed E-state index contributed by atoms with van der Waals surface area (Å²) >= 11 is 0. The minimum atomic E-state index is -2.98. The highest BCUT2D eigenvalue weighted by Crippen LogP contribution is 2.54. The van der Waals surface area contributed by atoms with Crippen LogP contribution in [0.1, 0.15) is 38.3 Å². The number of carbonyl (C=O) groups excluding carboxylic acids is 3. The number of halogens is 5. The Morgan fingerprint density at radius 3 is 2.28 bits per heavy atom. The maximum Gasteiger partial charge on any atom is 0.290 e. The third-order valence-electron chi connectivity index (χ3n) is 6.49. The summed E-state index contributed by atoms with van der Waals surface area (Å²) in [6.45, 7) is 1.57. The van der Waals surface area contributed by atoms with Crippen molar-refractivity contribution < 1.29 is 36.3 Å². The van der Waals surface area contributed by atoms with Crippen LogP contribution in [0.25, 0.3) is 0 Å². The third-order valence-corrected chi connectivity index (χ3v) is 6.49. The SMILES string of the molecule is C[C@H]1[C@@H](C(=O)Nc2cc(F)c(F)c(F)c2)CCN1C(=O)C(=O)CC1(c2cn[nH]n2)CC(F)(F)C1.S.S. The minimum Gasteiger partial charge on any atom is -0.333 e. The Morgan fingerprint density at radius 1 is 1.14 bits per heavy atom. The second kappa shape index (κ2) is 10.7. The van der Waals surface area contributed by atoms with Crippen molar-refractivity contribution in [3.05, 3.63) is 41.5 Å². The molecule has 4 rings (SSSR count). The summed E-state index contributed by atoms with van der Waals surface area (Å²) in [6.07, 6.45) is -0.367. The number of aromatic nitrogens is 3. The standard InChI is InChI=1S/C21H20F5N5O3.2H2S/c1-10-12(18(33)28-11-4-13(22)17(24)14(23)5-11)2-3-31(10)19(34)15(32)6-20(8-21(25,26)9-20)16-7-27-30-29-16;;/h4-5,7,10,12H,2-3,6,8-9H2,1H3,(H,28,33)(H,27,29,30);2*1H2/t10-,12-;;/m0../s1. The number of H-pyrrole nitrogens is 1. The van der Waals surface area contributed by atoms with Crippen LogP contribution in [-0.4, -0.2) is 56.4 Å². The van der Waals surface area contributed by atoms with Crippen LogP contribution in [0, 0.1) is 23.4 Å². The van der Waals surface area contributed by atoms with Crippen molar-refractivity contribution in [3.63, 3.8) is 0 Å². The van der Waals surface area contributed by atoms with Gasteiger partial charge in [0.25, 0.3) is 5.91 Å². The number of rotatable bonds is 6. The Kier molecular flexibility index (Phi) is 8.82. The van der Waals surface area contributed by atoms with E-state index in [2.05, 4.69) is 20.7 Å². The van der Waals surface area contributed by atoms with Gasteiger partial charge in [-0.05, 0) is 13.3 Å². The van der Waals surface area contributed by atoms with Crippen molar-refractivity contribution in [2.24, 2.45) is 5.92 Å². The quantitative estimate of drug-likeness (QED) is 0.325. The fourth-order valence-electron chi connectivity index (χ4n) is 4.77. The Balaban J connectivity index is 0.00000228. The molecule has 1 aliphatic heterocycles. The number of hydrogen-bond acceptors (Lipinski definition) is 5. The first kappa shape index (κ1) is 29.5. The lowest BCUT2D eigenvalue weighted by Crippen LogP contribution is -2.52. The second-order valence-corrected chi connectivity index (χ2v) is 8.82. The topological polar surface area (TPSA) is 108 Å². The molecule has 1 aromatic heterocycles. The fraction of sp³-hybridized carbons (Fsp3) is 0.476. The molecule has 0 unspecified atom stereocenters. The van der Waals surface area contributed by atoms with Gasteiger partial charge < -0.3 is 10.2 Å². The number of alkyl halides is 2. The van der Waals surface area contributed by atoms with Gasteiger partial charge in [-0.15, -0.1) is 0 Å². The van der Waals surface area contributed by atoms with Gasteiger partial charge in [0.15, 0.2) is 17.5 Å². The van der Waals surface area contributed by atoms with E-state index in [0.717, 1.165) is 0 Å². The minimum absolute atomic E-state index is 0. The van der Waals surface area contributed by atoms with Gasteiger partial charge in [-0.25, -0.2) is 22.0 Å². The summed E-state index contributed by atoms with van der Waals surface area (Å²) in [5, 5.41) is 12.0. The van der Waals surface area contributed by atoms with Gasteiger partial charge in [-0.3, -0.25) is 14.4 Å². The molecule has 1 aromatic carbocycles. The van der Waals surface area contributed by atoms with Crippen molar-refractivity contribution in [1.82, 2.24) is 20.3 Å². The monoisotopic (exact) mass is 553 g/mol. The molecular formula is C21H24F5N5O3S2. The summed E-state index contributed by atoms with van der Waals surface area (Å²) < 4.78 is 67.2. The number of ketones is 1. The van der Waals surface area contributed by atoms with Crippen molar-refractivity contribution in [2.75, 3.05) is 11.9 Å². The van der Waals surface area contributed by atoms with Crippen LogP contribution in [0.4, 0.5) is 27.6 Å². The highest BCUT2D eigenvalue weighted by atomic mass is 32.1. The lowest BCUT2D eigenvalue weighted by Gasteiger charge is -2.45. The molecule has 0 bridgehead atoms. The number of benzene rings is 1. The number of amides is 2. The van der Waals surface area contributed by atoms with Gasteiger partial charge in [0, 0.05) is 55.1 Å². The van der Waals surface area contributed by atoms with Crippen molar-refractivity contribution in [3.8, 4) is 0 Å². The van der Waals surface area contributed by atoms with Gasteiger partial charge in [0.2, 0.25) is 17.6 Å². The van der Waals surface area contributed by atoms with E-state index in [1.807, 2.05) is 0 Å². The first-order valence-corrected chi connectivity index (χ1v) is 10.5. The van der Waals surface area contributed by atoms with Gasteiger partial charge in [-0.1, -0.05) is 0 Å². The summed E-state index contributed by atoms with van der Waals surface area (Å²) in [5.41, 5.74) is -1.43. The molecule has 0 radical (unpaired) electrons. The highest BCUT2D eigenvalue weighted by Gasteiger charge is 2.60. The Labute approximate surface area is 216 Å². The number of nitrogens with one attached hydrogen (secondary N) is 2. The summed E-state index contributed by atoms with van der Waals surface area (Å²) in [5.74, 6) is -10.9. The van der Waals surface area contributed by atoms with Crippen LogP contribution in [0.3, 0.4) is 0 Å². The molecule has 2 amide bonds. The third kappa shape index (κ3) is 5.51. The number of Topliss-reactive ketones (excluding diaryl/α,β-unsaturated/α-hetero) is 1. The predicted molar refractivity (Wildman–Crippen MR) is 127 cm³/mol. The van der Waals surface area contributed by atoms with E-state index in [0.29, 0.717) is 12.1 Å². The fourth-order valence-corrected chi connectivity index (χ4v) is 4.77. The van der Waals surface area contributed by atoms with Crippen LogP contribution in [-0.2, 0) is 19.8 Å². The zero-order valence-corrected chi connectivity index (χ0v) is 20.9. The van der Waals surface area contributed by atoms with Gasteiger partial charge in [0.05, 0.1) is 17.8 Å². The largest absolute Gasteiger partial charge is 0.333 e. The van der Waals surface area contributed by atoms with Crippen molar-refractivity contribution in [1.29, 1.82) is 0 Å². The van der Waals surface area contributed by atoms with E-state index in [1.54, 1.807) is 0 Å². The van der Waals surface area contributed by atoms with Crippen LogP contribution in [0.15, 0.2) is 18.3 Å². The maximum atomic E-state index is 13.7. The zero-order chi connectivity index (χ0) is 24.8. The van der Waals surface area contributed by atoms with E-state index in [1.165, 1.54) is 18.0 Å². The molecule has 15 heteroatoms. The second-order valence-electron chi connectivity index (χ2n) is 8.82. The van der Waals surface area contributed by atoms with Crippen molar-refractivity contribution in [2.45, 2.75) is 50.0 Å². The van der Waals surface area contributed by atoms with E-state index in [9.17, 15) is 36.3 Å². The van der Waals surface area contributed by atoms with E-state index < -0.39 is 77.6 Å². The Hall–Kier alpha value is -2.68. The van der Waals surface area contributed by atoms with E-state index in [4.69, 9.17) is 0 Å². The number of carbonyl (C=O) groups is 3. The van der Waals surface area contributed by atoms with Crippen LogP contribution in [0.2, 0.25) is 0 Å². The molecule has 2 aliphatic rings. The average Bonchev–Trinajstić information content (AvgIpc) is 3.40. The van der Waals surface area contributed by atoms with Gasteiger partial charge >= 0.3 is 0 Å². The molecule has 0 spiro atoms. The summed E-state index contributed by atoms with van der Waals surface area (Å²) in [4.78, 5) is 39.4. The molecule has 2 aromatic rings. The molecule has 2 atom stereocenters. The van der Waals surface area contributed by atoms with E-state index >= 15 is 0 Å². The predicted octanol–water partition coefficient (Wildman–Crippen LogP) is 2.95. The van der Waals surface area contributed by atoms with E-state index in [-0.39, 0.29) is 51.3 Å². The average molecular weight is 554 g/mol. The first-order valence-electron chi connectivity index (χ1n) is 10.5. The smallest absolute Gasteiger partial charge is 0.290 e.